The molecule has 2 N–H and O–H groups in total. The summed E-state index contributed by atoms with van der Waals surface area (Å²) in [7, 11) is 0. The number of nitrogens with zero attached hydrogens (tertiary/aromatic N) is 3. The van der Waals surface area contributed by atoms with Crippen LogP contribution < -0.4 is 5.73 Å². The van der Waals surface area contributed by atoms with Crippen LogP contribution in [0.4, 0.5) is 4.39 Å². The molecule has 1 saturated carbocycles. The standard InChI is InChI=1S/C16H19FN4OS/c17-13-9-5-4-8-12(13)15-19-20-16(23-10-14(18)22)21(15)11-6-2-1-3-7-11/h4-5,8-9,11H,1-3,6-7,10H2,(H2,18,22). The van der Waals surface area contributed by atoms with E-state index in [1.165, 1.54) is 24.2 Å². The van der Waals surface area contributed by atoms with E-state index in [4.69, 9.17) is 5.73 Å². The molecular weight excluding hydrogens is 315 g/mol. The summed E-state index contributed by atoms with van der Waals surface area (Å²) < 4.78 is 16.2. The Balaban J connectivity index is 2.01. The van der Waals surface area contributed by atoms with Gasteiger partial charge in [-0.3, -0.25) is 9.36 Å². The van der Waals surface area contributed by atoms with Gasteiger partial charge in [0.25, 0.3) is 0 Å². The number of halogens is 1. The SMILES string of the molecule is NC(=O)CSc1nnc(-c2ccccc2F)n1C1CCCCC1. The third-order valence-electron chi connectivity index (χ3n) is 4.06. The highest BCUT2D eigenvalue weighted by Crippen LogP contribution is 2.36. The number of aromatic nitrogens is 3. The lowest BCUT2D eigenvalue weighted by atomic mass is 9.95. The second kappa shape index (κ2) is 7.12. The molecule has 3 rings (SSSR count). The Hall–Kier alpha value is -1.89. The van der Waals surface area contributed by atoms with Gasteiger partial charge in [-0.1, -0.05) is 43.2 Å². The molecule has 2 aromatic rings. The molecule has 0 bridgehead atoms. The molecule has 23 heavy (non-hydrogen) atoms. The smallest absolute Gasteiger partial charge is 0.227 e. The van der Waals surface area contributed by atoms with Crippen LogP contribution in [0.1, 0.15) is 38.1 Å². The van der Waals surface area contributed by atoms with Gasteiger partial charge in [-0.05, 0) is 25.0 Å². The predicted molar refractivity (Wildman–Crippen MR) is 87.5 cm³/mol. The molecule has 1 aliphatic rings. The van der Waals surface area contributed by atoms with Crippen molar-refractivity contribution in [3.05, 3.63) is 30.1 Å². The Bertz CT molecular complexity index is 697. The number of benzene rings is 1. The van der Waals surface area contributed by atoms with E-state index in [0.717, 1.165) is 25.7 Å². The number of hydrogen-bond acceptors (Lipinski definition) is 4. The number of nitrogens with two attached hydrogens (primary N) is 1. The van der Waals surface area contributed by atoms with Crippen molar-refractivity contribution in [3.63, 3.8) is 0 Å². The number of primary amides is 1. The summed E-state index contributed by atoms with van der Waals surface area (Å²) in [6.45, 7) is 0. The van der Waals surface area contributed by atoms with Crippen LogP contribution in [0, 0.1) is 5.82 Å². The molecule has 7 heteroatoms. The normalized spacial score (nSPS) is 15.7. The molecule has 0 spiro atoms. The fourth-order valence-corrected chi connectivity index (χ4v) is 3.75. The Morgan fingerprint density at radius 2 is 2.00 bits per heavy atom. The molecule has 5 nitrogen and oxygen atoms in total. The third kappa shape index (κ3) is 3.55. The minimum Gasteiger partial charge on any atom is -0.369 e. The summed E-state index contributed by atoms with van der Waals surface area (Å²) >= 11 is 1.26. The average molecular weight is 334 g/mol. The second-order valence-corrected chi connectivity index (χ2v) is 6.65. The number of amides is 1. The Labute approximate surface area is 138 Å². The fraction of sp³-hybridized carbons (Fsp3) is 0.438. The zero-order valence-electron chi connectivity index (χ0n) is 12.7. The Kier molecular flexibility index (Phi) is 4.95. The van der Waals surface area contributed by atoms with Gasteiger partial charge in [-0.25, -0.2) is 4.39 Å². The number of carbonyl (C=O) groups excluding carboxylic acids is 1. The maximum absolute atomic E-state index is 14.2. The first-order valence-electron chi connectivity index (χ1n) is 7.77. The van der Waals surface area contributed by atoms with E-state index >= 15 is 0 Å². The van der Waals surface area contributed by atoms with Crippen molar-refractivity contribution < 1.29 is 9.18 Å². The highest BCUT2D eigenvalue weighted by molar-refractivity contribution is 7.99. The van der Waals surface area contributed by atoms with Crippen LogP contribution in [-0.4, -0.2) is 26.4 Å². The van der Waals surface area contributed by atoms with Crippen LogP contribution in [0.3, 0.4) is 0 Å². The quantitative estimate of drug-likeness (QED) is 0.852. The second-order valence-electron chi connectivity index (χ2n) is 5.70. The first kappa shape index (κ1) is 16.0. The summed E-state index contributed by atoms with van der Waals surface area (Å²) in [5.41, 5.74) is 5.67. The summed E-state index contributed by atoms with van der Waals surface area (Å²) in [4.78, 5) is 11.1. The number of thioether (sulfide) groups is 1. The van der Waals surface area contributed by atoms with E-state index in [-0.39, 0.29) is 17.6 Å². The number of rotatable bonds is 5. The maximum atomic E-state index is 14.2. The first-order chi connectivity index (χ1) is 11.2. The molecule has 0 aliphatic heterocycles. The van der Waals surface area contributed by atoms with Crippen LogP contribution >= 0.6 is 11.8 Å². The van der Waals surface area contributed by atoms with Crippen molar-refractivity contribution in [3.8, 4) is 11.4 Å². The summed E-state index contributed by atoms with van der Waals surface area (Å²) in [6.07, 6.45) is 5.53. The van der Waals surface area contributed by atoms with Gasteiger partial charge in [0.2, 0.25) is 5.91 Å². The highest BCUT2D eigenvalue weighted by Gasteiger charge is 2.25. The minimum absolute atomic E-state index is 0.141. The zero-order valence-corrected chi connectivity index (χ0v) is 13.6. The summed E-state index contributed by atoms with van der Waals surface area (Å²) in [6, 6.07) is 6.81. The third-order valence-corrected chi connectivity index (χ3v) is 5.03. The monoisotopic (exact) mass is 334 g/mol. The predicted octanol–water partition coefficient (Wildman–Crippen LogP) is 3.17. The van der Waals surface area contributed by atoms with E-state index in [0.29, 0.717) is 16.5 Å². The lowest BCUT2D eigenvalue weighted by molar-refractivity contribution is -0.115. The van der Waals surface area contributed by atoms with E-state index < -0.39 is 5.91 Å². The largest absolute Gasteiger partial charge is 0.369 e. The molecule has 0 saturated heterocycles. The van der Waals surface area contributed by atoms with Gasteiger partial charge in [-0.2, -0.15) is 0 Å². The van der Waals surface area contributed by atoms with Crippen molar-refractivity contribution in [1.82, 2.24) is 14.8 Å². The van der Waals surface area contributed by atoms with Crippen LogP contribution in [0.2, 0.25) is 0 Å². The number of carbonyl (C=O) groups is 1. The molecule has 1 fully saturated rings. The van der Waals surface area contributed by atoms with Crippen molar-refractivity contribution in [2.45, 2.75) is 43.3 Å². The molecule has 0 radical (unpaired) electrons. The van der Waals surface area contributed by atoms with Gasteiger partial charge < -0.3 is 5.73 Å². The minimum atomic E-state index is -0.402. The van der Waals surface area contributed by atoms with E-state index in [1.54, 1.807) is 18.2 Å². The maximum Gasteiger partial charge on any atom is 0.227 e. The average Bonchev–Trinajstić information content (AvgIpc) is 2.98. The molecule has 1 aromatic heterocycles. The van der Waals surface area contributed by atoms with Crippen molar-refractivity contribution in [2.24, 2.45) is 5.73 Å². The van der Waals surface area contributed by atoms with Crippen LogP contribution in [0.25, 0.3) is 11.4 Å². The zero-order chi connectivity index (χ0) is 16.2. The van der Waals surface area contributed by atoms with E-state index in [1.807, 2.05) is 4.57 Å². The van der Waals surface area contributed by atoms with Gasteiger partial charge in [0, 0.05) is 6.04 Å². The summed E-state index contributed by atoms with van der Waals surface area (Å²) in [5.74, 6) is -0.0479. The molecule has 0 atom stereocenters. The van der Waals surface area contributed by atoms with Crippen molar-refractivity contribution >= 4 is 17.7 Å². The molecular formula is C16H19FN4OS. The van der Waals surface area contributed by atoms with Gasteiger partial charge >= 0.3 is 0 Å². The fourth-order valence-electron chi connectivity index (χ4n) is 3.01. The van der Waals surface area contributed by atoms with Crippen molar-refractivity contribution in [2.75, 3.05) is 5.75 Å². The van der Waals surface area contributed by atoms with Crippen LogP contribution in [0.15, 0.2) is 29.4 Å². The van der Waals surface area contributed by atoms with Crippen LogP contribution in [0.5, 0.6) is 0 Å². The molecule has 1 aliphatic carbocycles. The molecule has 1 heterocycles. The number of hydrogen-bond donors (Lipinski definition) is 1. The van der Waals surface area contributed by atoms with Gasteiger partial charge in [0.05, 0.1) is 11.3 Å². The Morgan fingerprint density at radius 3 is 2.70 bits per heavy atom. The van der Waals surface area contributed by atoms with Gasteiger partial charge in [0.15, 0.2) is 11.0 Å². The lowest BCUT2D eigenvalue weighted by Crippen LogP contribution is -2.17. The first-order valence-corrected chi connectivity index (χ1v) is 8.76. The van der Waals surface area contributed by atoms with Gasteiger partial charge in [-0.15, -0.1) is 10.2 Å². The highest BCUT2D eigenvalue weighted by atomic mass is 32.2. The molecule has 1 amide bonds. The van der Waals surface area contributed by atoms with E-state index in [9.17, 15) is 9.18 Å². The van der Waals surface area contributed by atoms with Crippen LogP contribution in [-0.2, 0) is 4.79 Å². The molecule has 122 valence electrons. The van der Waals surface area contributed by atoms with Gasteiger partial charge in [0.1, 0.15) is 5.82 Å². The van der Waals surface area contributed by atoms with E-state index in [2.05, 4.69) is 10.2 Å². The molecule has 0 unspecified atom stereocenters. The summed E-state index contributed by atoms with van der Waals surface area (Å²) in [5, 5.41) is 9.02. The topological polar surface area (TPSA) is 73.8 Å². The lowest BCUT2D eigenvalue weighted by Gasteiger charge is -2.25. The molecule has 1 aromatic carbocycles. The van der Waals surface area contributed by atoms with Crippen molar-refractivity contribution in [1.29, 1.82) is 0 Å². The Morgan fingerprint density at radius 1 is 1.26 bits per heavy atom.